The minimum absolute atomic E-state index is 0.607. The predicted octanol–water partition coefficient (Wildman–Crippen LogP) is 5.38. The fourth-order valence-corrected chi connectivity index (χ4v) is 0.805. The van der Waals surface area contributed by atoms with E-state index in [0.717, 1.165) is 6.42 Å². The van der Waals surface area contributed by atoms with Gasteiger partial charge in [-0.3, -0.25) is 0 Å². The number of hydrogen-bond donors (Lipinski definition) is 0. The van der Waals surface area contributed by atoms with E-state index in [1.54, 1.807) is 0 Å². The lowest BCUT2D eigenvalue weighted by Gasteiger charge is -2.07. The Bertz CT molecular complexity index is 140. The second-order valence-corrected chi connectivity index (χ2v) is 2.42. The maximum absolute atomic E-state index is 3.73. The van der Waals surface area contributed by atoms with Crippen molar-refractivity contribution in [3.63, 3.8) is 0 Å². The van der Waals surface area contributed by atoms with Crippen LogP contribution in [0.2, 0.25) is 0 Å². The summed E-state index contributed by atoms with van der Waals surface area (Å²) in [6.45, 7) is 19.7. The Morgan fingerprint density at radius 3 is 1.79 bits per heavy atom. The summed E-state index contributed by atoms with van der Waals surface area (Å²) >= 11 is 0. The van der Waals surface area contributed by atoms with Crippen LogP contribution in [0, 0.1) is 5.92 Å². The lowest BCUT2D eigenvalue weighted by Crippen LogP contribution is -1.93. The summed E-state index contributed by atoms with van der Waals surface area (Å²) in [4.78, 5) is 0. The molecule has 0 saturated carbocycles. The third kappa shape index (κ3) is 11.2. The third-order valence-corrected chi connectivity index (χ3v) is 1.73. The second kappa shape index (κ2) is 18.1. The van der Waals surface area contributed by atoms with Gasteiger partial charge in [0.25, 0.3) is 0 Å². The van der Waals surface area contributed by atoms with E-state index < -0.39 is 0 Å². The van der Waals surface area contributed by atoms with Crippen molar-refractivity contribution >= 4 is 0 Å². The lowest BCUT2D eigenvalue weighted by atomic mass is 9.98. The molecule has 0 rings (SSSR count). The van der Waals surface area contributed by atoms with Gasteiger partial charge in [0.15, 0.2) is 0 Å². The molecule has 0 spiro atoms. The van der Waals surface area contributed by atoms with Crippen molar-refractivity contribution in [3.8, 4) is 0 Å². The molecule has 0 fully saturated rings. The molecule has 0 aliphatic heterocycles. The van der Waals surface area contributed by atoms with Gasteiger partial charge in [-0.1, -0.05) is 72.9 Å². The largest absolute Gasteiger partial charge is 0.0991 e. The van der Waals surface area contributed by atoms with Gasteiger partial charge < -0.3 is 0 Å². The molecule has 14 heavy (non-hydrogen) atoms. The van der Waals surface area contributed by atoms with E-state index in [0.29, 0.717) is 5.92 Å². The minimum Gasteiger partial charge on any atom is -0.0991 e. The summed E-state index contributed by atoms with van der Waals surface area (Å²) in [5, 5.41) is 0. The first-order chi connectivity index (χ1) is 6.76. The summed E-state index contributed by atoms with van der Waals surface area (Å²) in [6, 6.07) is 0. The smallest absolute Gasteiger partial charge is 0.0193 e. The summed E-state index contributed by atoms with van der Waals surface area (Å²) < 4.78 is 0. The Kier molecular flexibility index (Phi) is 24.4. The molecule has 84 valence electrons. The maximum atomic E-state index is 3.73. The van der Waals surface area contributed by atoms with Crippen LogP contribution >= 0.6 is 0 Å². The normalized spacial score (nSPS) is 11.1. The van der Waals surface area contributed by atoms with Crippen LogP contribution in [0.25, 0.3) is 0 Å². The molecule has 0 nitrogen and oxygen atoms in total. The van der Waals surface area contributed by atoms with Gasteiger partial charge in [0.1, 0.15) is 0 Å². The van der Waals surface area contributed by atoms with Gasteiger partial charge in [-0.15, -0.1) is 0 Å². The highest BCUT2D eigenvalue weighted by Gasteiger charge is 1.99. The Morgan fingerprint density at radius 1 is 1.14 bits per heavy atom. The van der Waals surface area contributed by atoms with Crippen LogP contribution < -0.4 is 0 Å². The summed E-state index contributed by atoms with van der Waals surface area (Å²) in [6.07, 6.45) is 6.88. The molecule has 0 saturated heterocycles. The predicted molar refractivity (Wildman–Crippen MR) is 70.6 cm³/mol. The molecule has 1 atom stereocenters. The zero-order valence-corrected chi connectivity index (χ0v) is 10.9. The molecule has 1 unspecified atom stereocenters. The van der Waals surface area contributed by atoms with Gasteiger partial charge in [0.2, 0.25) is 0 Å². The highest BCUT2D eigenvalue weighted by molar-refractivity contribution is 5.22. The van der Waals surface area contributed by atoms with Gasteiger partial charge in [0, 0.05) is 0 Å². The molecular weight excluding hydrogens is 168 g/mol. The zero-order valence-electron chi connectivity index (χ0n) is 10.9. The number of rotatable bonds is 4. The van der Waals surface area contributed by atoms with E-state index in [1.165, 1.54) is 5.57 Å². The van der Waals surface area contributed by atoms with Crippen LogP contribution in [0.5, 0.6) is 0 Å². The standard InChI is InChI=1S/C10H16.2C2H6/c1-5-8-10(7-3)9(4)6-2;2*1-2/h5,7-9H,1,3,6H2,2,4H3;2*1-2H3/b10-8+;;. The van der Waals surface area contributed by atoms with E-state index in [-0.39, 0.29) is 0 Å². The van der Waals surface area contributed by atoms with Crippen LogP contribution in [0.1, 0.15) is 48.0 Å². The number of allylic oxidation sites excluding steroid dienone is 4. The van der Waals surface area contributed by atoms with Crippen molar-refractivity contribution in [3.05, 3.63) is 37.0 Å². The Labute approximate surface area is 91.4 Å². The van der Waals surface area contributed by atoms with E-state index in [1.807, 2.05) is 45.9 Å². The highest BCUT2D eigenvalue weighted by atomic mass is 14.0. The first-order valence-corrected chi connectivity index (χ1v) is 5.71. The van der Waals surface area contributed by atoms with E-state index in [9.17, 15) is 0 Å². The molecule has 0 radical (unpaired) electrons. The molecule has 0 heteroatoms. The van der Waals surface area contributed by atoms with Crippen molar-refractivity contribution in [2.75, 3.05) is 0 Å². The molecule has 0 aromatic heterocycles. The molecule has 0 N–H and O–H groups in total. The lowest BCUT2D eigenvalue weighted by molar-refractivity contribution is 0.671. The first-order valence-electron chi connectivity index (χ1n) is 5.71. The van der Waals surface area contributed by atoms with E-state index in [4.69, 9.17) is 0 Å². The zero-order chi connectivity index (χ0) is 12.0. The maximum Gasteiger partial charge on any atom is -0.0193 e. The van der Waals surface area contributed by atoms with E-state index in [2.05, 4.69) is 27.0 Å². The van der Waals surface area contributed by atoms with Gasteiger partial charge in [-0.2, -0.15) is 0 Å². The Hall–Kier alpha value is -0.780. The molecular formula is C14H28. The Balaban J connectivity index is -0.000000266. The van der Waals surface area contributed by atoms with Crippen LogP contribution in [0.4, 0.5) is 0 Å². The quantitative estimate of drug-likeness (QED) is 0.529. The van der Waals surface area contributed by atoms with Gasteiger partial charge in [-0.05, 0) is 17.9 Å². The fraction of sp³-hybridized carbons (Fsp3) is 0.571. The molecule has 0 aromatic carbocycles. The highest BCUT2D eigenvalue weighted by Crippen LogP contribution is 2.14. The summed E-state index contributed by atoms with van der Waals surface area (Å²) in [5.74, 6) is 0.607. The van der Waals surface area contributed by atoms with Crippen LogP contribution in [-0.4, -0.2) is 0 Å². The van der Waals surface area contributed by atoms with Crippen LogP contribution in [-0.2, 0) is 0 Å². The van der Waals surface area contributed by atoms with Crippen molar-refractivity contribution in [1.29, 1.82) is 0 Å². The summed E-state index contributed by atoms with van der Waals surface area (Å²) in [5.41, 5.74) is 1.28. The first kappa shape index (κ1) is 18.9. The monoisotopic (exact) mass is 196 g/mol. The SMILES string of the molecule is C=C/C=C(\C=C)C(C)CC.CC.CC. The molecule has 0 amide bonds. The van der Waals surface area contributed by atoms with Gasteiger partial charge in [-0.25, -0.2) is 0 Å². The Morgan fingerprint density at radius 2 is 1.57 bits per heavy atom. The van der Waals surface area contributed by atoms with Crippen molar-refractivity contribution in [2.45, 2.75) is 48.0 Å². The number of hydrogen-bond acceptors (Lipinski definition) is 0. The van der Waals surface area contributed by atoms with Gasteiger partial charge >= 0.3 is 0 Å². The van der Waals surface area contributed by atoms with E-state index >= 15 is 0 Å². The molecule has 0 aliphatic carbocycles. The average molecular weight is 196 g/mol. The minimum atomic E-state index is 0.607. The topological polar surface area (TPSA) is 0 Å². The fourth-order valence-electron chi connectivity index (χ4n) is 0.805. The molecule has 0 aromatic rings. The molecule has 0 aliphatic rings. The van der Waals surface area contributed by atoms with Crippen LogP contribution in [0.15, 0.2) is 37.0 Å². The van der Waals surface area contributed by atoms with Gasteiger partial charge in [0.05, 0.1) is 0 Å². The van der Waals surface area contributed by atoms with Crippen molar-refractivity contribution < 1.29 is 0 Å². The third-order valence-electron chi connectivity index (χ3n) is 1.73. The van der Waals surface area contributed by atoms with Crippen LogP contribution in [0.3, 0.4) is 0 Å². The van der Waals surface area contributed by atoms with Crippen molar-refractivity contribution in [1.82, 2.24) is 0 Å². The molecule has 0 heterocycles. The van der Waals surface area contributed by atoms with Crippen molar-refractivity contribution in [2.24, 2.45) is 5.92 Å². The average Bonchev–Trinajstić information content (AvgIpc) is 2.30. The second-order valence-electron chi connectivity index (χ2n) is 2.42. The summed E-state index contributed by atoms with van der Waals surface area (Å²) in [7, 11) is 0. The molecule has 0 bridgehead atoms.